The molecule has 0 radical (unpaired) electrons. The summed E-state index contributed by atoms with van der Waals surface area (Å²) in [4.78, 5) is 10.8. The Morgan fingerprint density at radius 3 is 2.65 bits per heavy atom. The first-order valence-corrected chi connectivity index (χ1v) is 6.96. The third kappa shape index (κ3) is 5.84. The zero-order valence-corrected chi connectivity index (χ0v) is 11.7. The van der Waals surface area contributed by atoms with Gasteiger partial charge in [0.1, 0.15) is 10.1 Å². The molecule has 0 aliphatic rings. The Morgan fingerprint density at radius 1 is 1.41 bits per heavy atom. The van der Waals surface area contributed by atoms with E-state index in [9.17, 15) is 4.79 Å². The summed E-state index contributed by atoms with van der Waals surface area (Å²) >= 11 is 6.75. The van der Waals surface area contributed by atoms with E-state index in [1.165, 1.54) is 17.3 Å². The molecule has 0 bridgehead atoms. The van der Waals surface area contributed by atoms with E-state index in [1.807, 2.05) is 18.2 Å². The van der Waals surface area contributed by atoms with Crippen LogP contribution in [0.1, 0.15) is 31.9 Å². The molecule has 4 heteroatoms. The Bertz CT molecular complexity index is 378. The fourth-order valence-corrected chi connectivity index (χ4v) is 2.59. The second kappa shape index (κ2) is 7.45. The molecule has 1 rings (SSSR count). The van der Waals surface area contributed by atoms with Gasteiger partial charge in [0.25, 0.3) is 0 Å². The zero-order valence-electron chi connectivity index (χ0n) is 10.1. The highest BCUT2D eigenvalue weighted by Crippen LogP contribution is 2.14. The summed E-state index contributed by atoms with van der Waals surface area (Å²) in [6.07, 6.45) is 0.576. The van der Waals surface area contributed by atoms with Crippen molar-refractivity contribution in [1.29, 1.82) is 0 Å². The standard InChI is InChI=1S/C13H17NOS2/c1-10(15)8-9-17-13(16)14-11(2)12-6-4-3-5-7-12/h3-7,11H,8-9H2,1-2H3,(H,14,16). The van der Waals surface area contributed by atoms with Gasteiger partial charge in [-0.1, -0.05) is 54.3 Å². The molecule has 1 aromatic rings. The number of nitrogens with one attached hydrogen (secondary N) is 1. The first-order chi connectivity index (χ1) is 8.09. The molecule has 0 heterocycles. The fraction of sp³-hybridized carbons (Fsp3) is 0.385. The Morgan fingerprint density at radius 2 is 2.06 bits per heavy atom. The number of ketones is 1. The number of rotatable bonds is 5. The van der Waals surface area contributed by atoms with E-state index in [2.05, 4.69) is 24.4 Å². The zero-order chi connectivity index (χ0) is 12.7. The lowest BCUT2D eigenvalue weighted by Gasteiger charge is -2.15. The number of carbonyl (C=O) groups excluding carboxylic acids is 1. The van der Waals surface area contributed by atoms with Crippen molar-refractivity contribution in [3.63, 3.8) is 0 Å². The van der Waals surface area contributed by atoms with Gasteiger partial charge in [0.05, 0.1) is 0 Å². The van der Waals surface area contributed by atoms with E-state index < -0.39 is 0 Å². The second-order valence-corrected chi connectivity index (χ2v) is 5.64. The lowest BCUT2D eigenvalue weighted by atomic mass is 10.1. The summed E-state index contributed by atoms with van der Waals surface area (Å²) in [7, 11) is 0. The van der Waals surface area contributed by atoms with Crippen molar-refractivity contribution in [2.75, 3.05) is 5.75 Å². The van der Waals surface area contributed by atoms with Crippen molar-refractivity contribution in [1.82, 2.24) is 5.32 Å². The van der Waals surface area contributed by atoms with Crippen LogP contribution in [0.2, 0.25) is 0 Å². The van der Waals surface area contributed by atoms with Crippen molar-refractivity contribution >= 4 is 34.1 Å². The SMILES string of the molecule is CC(=O)CCSC(=S)NC(C)c1ccccc1. The van der Waals surface area contributed by atoms with Gasteiger partial charge in [-0.05, 0) is 19.4 Å². The van der Waals surface area contributed by atoms with Gasteiger partial charge in [0.15, 0.2) is 0 Å². The maximum Gasteiger partial charge on any atom is 0.134 e. The molecule has 2 nitrogen and oxygen atoms in total. The van der Waals surface area contributed by atoms with Crippen molar-refractivity contribution in [3.8, 4) is 0 Å². The number of thioether (sulfide) groups is 1. The maximum atomic E-state index is 10.8. The largest absolute Gasteiger partial charge is 0.364 e. The number of thiocarbonyl (C=S) groups is 1. The number of Topliss-reactive ketones (excluding diaryl/α,β-unsaturated/α-hetero) is 1. The van der Waals surface area contributed by atoms with Crippen LogP contribution in [0.25, 0.3) is 0 Å². The van der Waals surface area contributed by atoms with Gasteiger partial charge in [0, 0.05) is 18.2 Å². The smallest absolute Gasteiger partial charge is 0.134 e. The summed E-state index contributed by atoms with van der Waals surface area (Å²) in [6, 6.07) is 10.4. The molecule has 1 N–H and O–H groups in total. The Kier molecular flexibility index (Phi) is 6.22. The summed E-state index contributed by atoms with van der Waals surface area (Å²) in [5.41, 5.74) is 1.21. The van der Waals surface area contributed by atoms with Crippen LogP contribution in [0.4, 0.5) is 0 Å². The van der Waals surface area contributed by atoms with Gasteiger partial charge in [-0.3, -0.25) is 4.79 Å². The molecular formula is C13H17NOS2. The number of benzene rings is 1. The van der Waals surface area contributed by atoms with Gasteiger partial charge in [-0.25, -0.2) is 0 Å². The van der Waals surface area contributed by atoms with Crippen LogP contribution >= 0.6 is 24.0 Å². The number of carbonyl (C=O) groups is 1. The second-order valence-electron chi connectivity index (χ2n) is 3.86. The van der Waals surface area contributed by atoms with Gasteiger partial charge in [-0.15, -0.1) is 0 Å². The number of hydrogen-bond donors (Lipinski definition) is 1. The molecule has 1 aromatic carbocycles. The monoisotopic (exact) mass is 267 g/mol. The fourth-order valence-electron chi connectivity index (χ4n) is 1.33. The van der Waals surface area contributed by atoms with Gasteiger partial charge in [-0.2, -0.15) is 0 Å². The molecule has 0 fully saturated rings. The topological polar surface area (TPSA) is 29.1 Å². The molecule has 92 valence electrons. The molecule has 0 amide bonds. The summed E-state index contributed by atoms with van der Waals surface area (Å²) < 4.78 is 0.752. The van der Waals surface area contributed by atoms with Crippen molar-refractivity contribution in [2.24, 2.45) is 0 Å². The quantitative estimate of drug-likeness (QED) is 0.829. The predicted molar refractivity (Wildman–Crippen MR) is 78.3 cm³/mol. The molecule has 0 aliphatic heterocycles. The average molecular weight is 267 g/mol. The molecule has 1 unspecified atom stereocenters. The van der Waals surface area contributed by atoms with Crippen molar-refractivity contribution in [3.05, 3.63) is 35.9 Å². The molecule has 0 spiro atoms. The molecule has 17 heavy (non-hydrogen) atoms. The predicted octanol–water partition coefficient (Wildman–Crippen LogP) is 3.33. The first kappa shape index (κ1) is 14.2. The minimum Gasteiger partial charge on any atom is -0.364 e. The van der Waals surface area contributed by atoms with Crippen molar-refractivity contribution < 1.29 is 4.79 Å². The Balaban J connectivity index is 2.34. The van der Waals surface area contributed by atoms with Gasteiger partial charge >= 0.3 is 0 Å². The van der Waals surface area contributed by atoms with E-state index >= 15 is 0 Å². The van der Waals surface area contributed by atoms with Gasteiger partial charge in [0.2, 0.25) is 0 Å². The third-order valence-corrected chi connectivity index (χ3v) is 3.58. The summed E-state index contributed by atoms with van der Waals surface area (Å²) in [6.45, 7) is 3.68. The van der Waals surface area contributed by atoms with Crippen LogP contribution in [0, 0.1) is 0 Å². The normalized spacial score (nSPS) is 11.9. The van der Waals surface area contributed by atoms with Crippen LogP contribution in [0.15, 0.2) is 30.3 Å². The van der Waals surface area contributed by atoms with Crippen molar-refractivity contribution in [2.45, 2.75) is 26.3 Å². The Labute approximate surface area is 112 Å². The molecule has 0 saturated heterocycles. The minimum absolute atomic E-state index is 0.202. The summed E-state index contributed by atoms with van der Waals surface area (Å²) in [5.74, 6) is 0.958. The van der Waals surface area contributed by atoms with Crippen LogP contribution < -0.4 is 5.32 Å². The minimum atomic E-state index is 0.202. The number of hydrogen-bond acceptors (Lipinski definition) is 3. The first-order valence-electron chi connectivity index (χ1n) is 5.57. The highest BCUT2D eigenvalue weighted by Gasteiger charge is 2.06. The molecular weight excluding hydrogens is 250 g/mol. The van der Waals surface area contributed by atoms with E-state index in [0.29, 0.717) is 6.42 Å². The molecule has 1 atom stereocenters. The van der Waals surface area contributed by atoms with E-state index in [-0.39, 0.29) is 11.8 Å². The highest BCUT2D eigenvalue weighted by atomic mass is 32.2. The molecule has 0 aromatic heterocycles. The van der Waals surface area contributed by atoms with Gasteiger partial charge < -0.3 is 5.32 Å². The maximum absolute atomic E-state index is 10.8. The average Bonchev–Trinajstić information content (AvgIpc) is 2.29. The Hall–Kier alpha value is -0.870. The van der Waals surface area contributed by atoms with E-state index in [1.54, 1.807) is 6.92 Å². The van der Waals surface area contributed by atoms with Crippen LogP contribution in [0.3, 0.4) is 0 Å². The molecule has 0 aliphatic carbocycles. The van der Waals surface area contributed by atoms with E-state index in [4.69, 9.17) is 12.2 Å². The molecule has 0 saturated carbocycles. The lowest BCUT2D eigenvalue weighted by molar-refractivity contribution is -0.116. The summed E-state index contributed by atoms with van der Waals surface area (Å²) in [5, 5.41) is 3.25. The van der Waals surface area contributed by atoms with E-state index in [0.717, 1.165) is 10.1 Å². The van der Waals surface area contributed by atoms with Crippen LogP contribution in [-0.2, 0) is 4.79 Å². The van der Waals surface area contributed by atoms with Crippen LogP contribution in [0.5, 0.6) is 0 Å². The lowest BCUT2D eigenvalue weighted by Crippen LogP contribution is -2.22. The van der Waals surface area contributed by atoms with Crippen LogP contribution in [-0.4, -0.2) is 15.9 Å². The third-order valence-electron chi connectivity index (χ3n) is 2.32. The highest BCUT2D eigenvalue weighted by molar-refractivity contribution is 8.22.